The van der Waals surface area contributed by atoms with E-state index in [1.54, 1.807) is 11.1 Å². The highest BCUT2D eigenvalue weighted by Gasteiger charge is 2.59. The molecule has 0 saturated heterocycles. The summed E-state index contributed by atoms with van der Waals surface area (Å²) in [6, 6.07) is 5.93. The minimum atomic E-state index is -0.932. The van der Waals surface area contributed by atoms with E-state index in [2.05, 4.69) is 72.6 Å². The molecule has 1 N–H and O–H groups in total. The van der Waals surface area contributed by atoms with E-state index in [0.717, 1.165) is 29.8 Å². The predicted molar refractivity (Wildman–Crippen MR) is 181 cm³/mol. The van der Waals surface area contributed by atoms with Crippen LogP contribution in [-0.4, -0.2) is 30.6 Å². The summed E-state index contributed by atoms with van der Waals surface area (Å²) in [4.78, 5) is 17.5. The van der Waals surface area contributed by atoms with Crippen molar-refractivity contribution in [2.75, 3.05) is 5.32 Å². The fourth-order valence-corrected chi connectivity index (χ4v) is 12.9. The first-order chi connectivity index (χ1) is 20.1. The smallest absolute Gasteiger partial charge is 0.225 e. The van der Waals surface area contributed by atoms with Gasteiger partial charge in [0.1, 0.15) is 5.82 Å². The average molecular weight is 605 g/mol. The summed E-state index contributed by atoms with van der Waals surface area (Å²) in [5.41, 5.74) is 6.45. The predicted octanol–water partition coefficient (Wildman–Crippen LogP) is 9.85. The van der Waals surface area contributed by atoms with E-state index < -0.39 is 9.04 Å². The van der Waals surface area contributed by atoms with Crippen molar-refractivity contribution in [1.29, 1.82) is 0 Å². The Bertz CT molecular complexity index is 1350. The first-order valence-electron chi connectivity index (χ1n) is 17.1. The van der Waals surface area contributed by atoms with Crippen molar-refractivity contribution in [3.8, 4) is 0 Å². The lowest BCUT2D eigenvalue weighted by Gasteiger charge is -2.63. The summed E-state index contributed by atoms with van der Waals surface area (Å²) in [6.07, 6.45) is 12.5. The zero-order valence-electron chi connectivity index (χ0n) is 28.8. The molecule has 2 aromatic heterocycles. The van der Waals surface area contributed by atoms with Crippen LogP contribution in [0.2, 0.25) is 10.6 Å². The van der Waals surface area contributed by atoms with Gasteiger partial charge in [-0.15, -0.1) is 0 Å². The van der Waals surface area contributed by atoms with E-state index in [1.165, 1.54) is 38.5 Å². The van der Waals surface area contributed by atoms with Crippen LogP contribution in [0.3, 0.4) is 0 Å². The zero-order chi connectivity index (χ0) is 31.3. The van der Waals surface area contributed by atoms with E-state index >= 15 is 0 Å². The topological polar surface area (TPSA) is 56.2 Å². The molecule has 5 rings (SSSR count). The van der Waals surface area contributed by atoms with E-state index in [4.69, 9.17) is 4.43 Å². The van der Waals surface area contributed by atoms with Crippen LogP contribution < -0.4 is 5.32 Å². The molecule has 5 atom stereocenters. The van der Waals surface area contributed by atoms with Gasteiger partial charge in [-0.3, -0.25) is 4.79 Å². The maximum Gasteiger partial charge on any atom is 0.225 e. The lowest BCUT2D eigenvalue weighted by atomic mass is 9.43. The maximum absolute atomic E-state index is 12.9. The number of carbonyl (C=O) groups is 1. The van der Waals surface area contributed by atoms with Crippen molar-refractivity contribution in [1.82, 2.24) is 9.55 Å². The van der Waals surface area contributed by atoms with Crippen molar-refractivity contribution in [3.05, 3.63) is 35.5 Å². The van der Waals surface area contributed by atoms with Crippen molar-refractivity contribution in [2.24, 2.45) is 35.6 Å². The average Bonchev–Trinajstić information content (AvgIpc) is 3.28. The summed E-state index contributed by atoms with van der Waals surface area (Å²) >= 11 is 0. The third-order valence-electron chi connectivity index (χ3n) is 11.8. The van der Waals surface area contributed by atoms with Crippen molar-refractivity contribution in [2.45, 2.75) is 137 Å². The minimum Gasteiger partial charge on any atom is -0.412 e. The number of rotatable bonds is 8. The molecule has 1 radical (unpaired) electrons. The highest BCUT2D eigenvalue weighted by Crippen LogP contribution is 2.65. The van der Waals surface area contributed by atoms with Gasteiger partial charge >= 0.3 is 0 Å². The summed E-state index contributed by atoms with van der Waals surface area (Å²) in [5, 5.41) is 3.30. The highest BCUT2D eigenvalue weighted by molar-refractivity contribution is 6.56. The number of allylic oxidation sites excluding steroid dienone is 2. The van der Waals surface area contributed by atoms with Crippen LogP contribution in [0.5, 0.6) is 0 Å². The molecule has 2 saturated carbocycles. The molecular weight excluding hydrogens is 547 g/mol. The first-order valence-corrected chi connectivity index (χ1v) is 18.6. The Morgan fingerprint density at radius 2 is 1.88 bits per heavy atom. The van der Waals surface area contributed by atoms with E-state index in [0.29, 0.717) is 41.1 Å². The second-order valence-corrected chi connectivity index (χ2v) is 20.0. The number of aryl methyl sites for hydroxylation is 1. The third kappa shape index (κ3) is 6.29. The molecule has 0 aromatic carbocycles. The van der Waals surface area contributed by atoms with Gasteiger partial charge in [0.2, 0.25) is 14.9 Å². The summed E-state index contributed by atoms with van der Waals surface area (Å²) in [5.74, 6) is 2.85. The molecule has 0 spiro atoms. The second kappa shape index (κ2) is 12.1. The molecule has 2 aromatic rings. The van der Waals surface area contributed by atoms with Crippen molar-refractivity contribution < 1.29 is 9.22 Å². The fraction of sp³-hybridized carbons (Fsp3) is 0.730. The van der Waals surface area contributed by atoms with Gasteiger partial charge in [-0.1, -0.05) is 66.5 Å². The van der Waals surface area contributed by atoms with Gasteiger partial charge in [0, 0.05) is 19.7 Å². The van der Waals surface area contributed by atoms with Crippen molar-refractivity contribution >= 4 is 31.8 Å². The summed E-state index contributed by atoms with van der Waals surface area (Å²) < 4.78 is 9.24. The lowest BCUT2D eigenvalue weighted by Crippen LogP contribution is -2.58. The SMILES string of the molecule is CC1=C(CCCC(=O)Nc2ccc3c(ccn3C)n2)C2CCC3C(C)(C)[C@@H](O[Si](C(C)C)C(C)(C)C)CC[C@]3(C)C2CC1. The molecule has 3 unspecified atom stereocenters. The van der Waals surface area contributed by atoms with Gasteiger partial charge < -0.3 is 14.3 Å². The van der Waals surface area contributed by atoms with Gasteiger partial charge in [-0.25, -0.2) is 4.98 Å². The number of carbonyl (C=O) groups excluding carboxylic acids is 1. The number of hydrogen-bond acceptors (Lipinski definition) is 3. The fourth-order valence-electron chi connectivity index (χ4n) is 9.82. The van der Waals surface area contributed by atoms with Gasteiger partial charge in [-0.2, -0.15) is 0 Å². The Hall–Kier alpha value is -1.92. The molecular formula is C37H58N3O2Si. The Kier molecular flexibility index (Phi) is 9.15. The van der Waals surface area contributed by atoms with Gasteiger partial charge in [0.05, 0.1) is 17.1 Å². The Morgan fingerprint density at radius 3 is 2.58 bits per heavy atom. The molecule has 3 aliphatic carbocycles. The maximum atomic E-state index is 12.9. The Balaban J connectivity index is 1.22. The number of pyridine rings is 1. The summed E-state index contributed by atoms with van der Waals surface area (Å²) in [6.45, 7) is 22.0. The van der Waals surface area contributed by atoms with Crippen molar-refractivity contribution in [3.63, 3.8) is 0 Å². The number of aromatic nitrogens is 2. The van der Waals surface area contributed by atoms with Crippen LogP contribution >= 0.6 is 0 Å². The van der Waals surface area contributed by atoms with Crippen LogP contribution in [0.4, 0.5) is 5.82 Å². The standard InChI is InChI=1S/C37H58N3O2Si/c1-24(2)43(35(4,5)6)42-32-20-22-37(9)28-16-14-25(3)26(27(28)15-18-31(37)36(32,7)8)12-11-13-34(41)39-33-19-17-30-29(38-33)21-23-40(30)10/h17,19,21,23-24,27-28,31-32H,11-16,18,20,22H2,1-10H3,(H,38,39,41)/t27?,28?,31?,32-,37+/m0/s1. The number of fused-ring (bicyclic) bond motifs is 4. The number of anilines is 1. The van der Waals surface area contributed by atoms with Crippen LogP contribution in [0.25, 0.3) is 11.0 Å². The number of nitrogens with one attached hydrogen (secondary N) is 1. The van der Waals surface area contributed by atoms with E-state index in [-0.39, 0.29) is 16.4 Å². The number of hydrogen-bond donors (Lipinski definition) is 1. The third-order valence-corrected chi connectivity index (χ3v) is 14.8. The molecule has 0 aliphatic heterocycles. The molecule has 5 nitrogen and oxygen atoms in total. The Morgan fingerprint density at radius 1 is 1.14 bits per heavy atom. The minimum absolute atomic E-state index is 0.0710. The lowest BCUT2D eigenvalue weighted by molar-refractivity contribution is -0.144. The molecule has 2 heterocycles. The van der Waals surface area contributed by atoms with Crippen LogP contribution in [0, 0.1) is 28.6 Å². The second-order valence-electron chi connectivity index (χ2n) is 16.4. The van der Waals surface area contributed by atoms with Gasteiger partial charge in [0.25, 0.3) is 0 Å². The van der Waals surface area contributed by atoms with Crippen LogP contribution in [0.15, 0.2) is 35.5 Å². The molecule has 43 heavy (non-hydrogen) atoms. The van der Waals surface area contributed by atoms with Crippen LogP contribution in [-0.2, 0) is 16.3 Å². The number of amides is 1. The molecule has 0 bridgehead atoms. The van der Waals surface area contributed by atoms with E-state index in [1.807, 2.05) is 36.0 Å². The quantitative estimate of drug-likeness (QED) is 0.241. The number of nitrogens with zero attached hydrogens (tertiary/aromatic N) is 2. The largest absolute Gasteiger partial charge is 0.412 e. The molecule has 6 heteroatoms. The molecule has 1 amide bonds. The normalized spacial score (nSPS) is 29.2. The molecule has 2 fully saturated rings. The van der Waals surface area contributed by atoms with E-state index in [9.17, 15) is 4.79 Å². The molecule has 3 aliphatic rings. The summed E-state index contributed by atoms with van der Waals surface area (Å²) in [7, 11) is 1.08. The Labute approximate surface area is 263 Å². The monoisotopic (exact) mass is 604 g/mol. The van der Waals surface area contributed by atoms with Gasteiger partial charge in [-0.05, 0) is 116 Å². The zero-order valence-corrected chi connectivity index (χ0v) is 29.8. The van der Waals surface area contributed by atoms with Gasteiger partial charge in [0.15, 0.2) is 0 Å². The van der Waals surface area contributed by atoms with Crippen LogP contribution in [0.1, 0.15) is 120 Å². The highest BCUT2D eigenvalue weighted by atomic mass is 28.3. The molecule has 237 valence electrons. The first kappa shape index (κ1) is 32.5.